The third-order valence-electron chi connectivity index (χ3n) is 6.26. The molecular weight excluding hydrogens is 530 g/mol. The first-order valence-corrected chi connectivity index (χ1v) is 14.1. The van der Waals surface area contributed by atoms with Gasteiger partial charge < -0.3 is 19.0 Å². The summed E-state index contributed by atoms with van der Waals surface area (Å²) in [5.41, 5.74) is 3.07. The highest BCUT2D eigenvalue weighted by atomic mass is 16.6. The van der Waals surface area contributed by atoms with Crippen LogP contribution in [0.2, 0.25) is 0 Å². The Balaban J connectivity index is 1.66. The molecule has 0 unspecified atom stereocenters. The maximum absolute atomic E-state index is 13.0. The summed E-state index contributed by atoms with van der Waals surface area (Å²) in [6.07, 6.45) is 1.65. The Labute approximate surface area is 249 Å². The highest BCUT2D eigenvalue weighted by Gasteiger charge is 2.24. The van der Waals surface area contributed by atoms with Crippen LogP contribution in [-0.2, 0) is 20.4 Å². The summed E-state index contributed by atoms with van der Waals surface area (Å²) >= 11 is 0. The van der Waals surface area contributed by atoms with Crippen LogP contribution in [0.3, 0.4) is 0 Å². The van der Waals surface area contributed by atoms with Crippen LogP contribution in [0.1, 0.15) is 99.7 Å². The van der Waals surface area contributed by atoms with Crippen molar-refractivity contribution in [2.45, 2.75) is 78.7 Å². The summed E-state index contributed by atoms with van der Waals surface area (Å²) in [4.78, 5) is 31.2. The minimum absolute atomic E-state index is 0.0456. The van der Waals surface area contributed by atoms with Gasteiger partial charge >= 0.3 is 11.9 Å². The number of rotatable bonds is 9. The molecule has 0 saturated carbocycles. The minimum atomic E-state index is -0.719. The predicted octanol–water partition coefficient (Wildman–Crippen LogP) is 7.89. The normalized spacial score (nSPS) is 12.2. The summed E-state index contributed by atoms with van der Waals surface area (Å²) in [5, 5.41) is 4.01. The van der Waals surface area contributed by atoms with E-state index in [1.165, 1.54) is 17.7 Å². The van der Waals surface area contributed by atoms with E-state index in [1.807, 2.05) is 24.3 Å². The van der Waals surface area contributed by atoms with E-state index in [2.05, 4.69) is 58.8 Å². The fourth-order valence-electron chi connectivity index (χ4n) is 3.86. The number of hydrogen-bond donors (Lipinski definition) is 0. The van der Waals surface area contributed by atoms with Crippen molar-refractivity contribution in [1.82, 2.24) is 0 Å². The lowest BCUT2D eigenvalue weighted by Gasteiger charge is -2.21. The zero-order valence-corrected chi connectivity index (χ0v) is 26.2. The van der Waals surface area contributed by atoms with Crippen LogP contribution in [0.4, 0.5) is 0 Å². The molecule has 0 bridgehead atoms. The largest absolute Gasteiger partial charge is 0.490 e. The molecule has 0 atom stereocenters. The van der Waals surface area contributed by atoms with Gasteiger partial charge in [-0.15, -0.1) is 0 Å². The van der Waals surface area contributed by atoms with Gasteiger partial charge in [0.2, 0.25) is 0 Å². The first-order valence-electron chi connectivity index (χ1n) is 14.1. The molecule has 42 heavy (non-hydrogen) atoms. The lowest BCUT2D eigenvalue weighted by molar-refractivity contribution is 0.00667. The van der Waals surface area contributed by atoms with E-state index in [4.69, 9.17) is 19.0 Å². The number of oxime groups is 1. The lowest BCUT2D eigenvalue weighted by atomic mass is 9.87. The highest BCUT2D eigenvalue weighted by Crippen LogP contribution is 2.29. The van der Waals surface area contributed by atoms with Crippen molar-refractivity contribution in [3.63, 3.8) is 0 Å². The maximum atomic E-state index is 13.0. The van der Waals surface area contributed by atoms with Crippen molar-refractivity contribution in [2.24, 2.45) is 5.16 Å². The summed E-state index contributed by atoms with van der Waals surface area (Å²) in [6, 6.07) is 20.0. The van der Waals surface area contributed by atoms with Gasteiger partial charge in [-0.25, -0.2) is 9.59 Å². The van der Waals surface area contributed by atoms with Gasteiger partial charge in [-0.2, -0.15) is 0 Å². The second-order valence-electron chi connectivity index (χ2n) is 13.2. The van der Waals surface area contributed by atoms with Crippen LogP contribution in [0.25, 0.3) is 0 Å². The fourth-order valence-corrected chi connectivity index (χ4v) is 3.86. The number of benzene rings is 3. The molecular formula is C35H43NO6. The van der Waals surface area contributed by atoms with E-state index in [0.29, 0.717) is 11.3 Å². The number of carbonyl (C=O) groups is 2. The quantitative estimate of drug-likeness (QED) is 0.0851. The van der Waals surface area contributed by atoms with Crippen LogP contribution >= 0.6 is 0 Å². The molecule has 0 saturated heterocycles. The van der Waals surface area contributed by atoms with E-state index in [-0.39, 0.29) is 35.4 Å². The predicted molar refractivity (Wildman–Crippen MR) is 166 cm³/mol. The molecule has 0 aliphatic carbocycles. The van der Waals surface area contributed by atoms with Gasteiger partial charge in [-0.3, -0.25) is 0 Å². The van der Waals surface area contributed by atoms with Gasteiger partial charge in [0.15, 0.2) is 6.61 Å². The zero-order valence-electron chi connectivity index (χ0n) is 26.2. The van der Waals surface area contributed by atoms with Crippen molar-refractivity contribution >= 4 is 18.2 Å². The summed E-state index contributed by atoms with van der Waals surface area (Å²) in [5.74, 6) is -0.749. The standard InChI is InChI=1S/C35H43NO6/c1-33(2,3)26-14-10-24(11-15-26)23-36-40-21-20-39-28-18-19-29(32(38)42-35(7,8)9)30(22-28)41-31(37)25-12-16-27(17-13-25)34(4,5)6/h10-19,22-23H,20-21H2,1-9H3. The van der Waals surface area contributed by atoms with Crippen LogP contribution in [0, 0.1) is 0 Å². The maximum Gasteiger partial charge on any atom is 0.343 e. The van der Waals surface area contributed by atoms with Gasteiger partial charge in [0.05, 0.1) is 11.8 Å². The van der Waals surface area contributed by atoms with Gasteiger partial charge in [-0.05, 0) is 72.6 Å². The lowest BCUT2D eigenvalue weighted by Crippen LogP contribution is -2.24. The van der Waals surface area contributed by atoms with Crippen LogP contribution in [-0.4, -0.2) is 37.0 Å². The zero-order chi connectivity index (χ0) is 31.1. The molecule has 3 aromatic rings. The Kier molecular flexibility index (Phi) is 10.2. The van der Waals surface area contributed by atoms with E-state index in [9.17, 15) is 9.59 Å². The molecule has 0 aliphatic rings. The summed E-state index contributed by atoms with van der Waals surface area (Å²) < 4.78 is 17.0. The van der Waals surface area contributed by atoms with Crippen LogP contribution < -0.4 is 9.47 Å². The fraction of sp³-hybridized carbons (Fsp3) is 0.400. The van der Waals surface area contributed by atoms with E-state index >= 15 is 0 Å². The second-order valence-corrected chi connectivity index (χ2v) is 13.2. The Morgan fingerprint density at radius 3 is 1.83 bits per heavy atom. The van der Waals surface area contributed by atoms with Crippen LogP contribution in [0.15, 0.2) is 71.9 Å². The van der Waals surface area contributed by atoms with Crippen molar-refractivity contribution in [3.05, 3.63) is 94.5 Å². The molecule has 7 nitrogen and oxygen atoms in total. The SMILES string of the molecule is CC(C)(C)OC(=O)c1ccc(OCCON=Cc2ccc(C(C)(C)C)cc2)cc1OC(=O)c1ccc(C(C)(C)C)cc1. The number of hydrogen-bond acceptors (Lipinski definition) is 7. The Morgan fingerprint density at radius 1 is 0.714 bits per heavy atom. The molecule has 0 aliphatic heterocycles. The second kappa shape index (κ2) is 13.2. The van der Waals surface area contributed by atoms with Crippen molar-refractivity contribution in [2.75, 3.05) is 13.2 Å². The Bertz CT molecular complexity index is 1390. The summed E-state index contributed by atoms with van der Waals surface area (Å²) in [7, 11) is 0. The molecule has 7 heteroatoms. The molecule has 0 heterocycles. The van der Waals surface area contributed by atoms with Gasteiger partial charge in [0, 0.05) is 6.07 Å². The first-order chi connectivity index (χ1) is 19.5. The Hall–Kier alpha value is -4.13. The molecule has 0 radical (unpaired) electrons. The number of nitrogens with zero attached hydrogens (tertiary/aromatic N) is 1. The topological polar surface area (TPSA) is 83.4 Å². The van der Waals surface area contributed by atoms with Gasteiger partial charge in [-0.1, -0.05) is 83.1 Å². The summed E-state index contributed by atoms with van der Waals surface area (Å²) in [6.45, 7) is 18.5. The Morgan fingerprint density at radius 2 is 1.29 bits per heavy atom. The third kappa shape index (κ3) is 9.75. The van der Waals surface area contributed by atoms with Crippen molar-refractivity contribution in [3.8, 4) is 11.5 Å². The molecule has 0 aromatic heterocycles. The molecule has 3 aromatic carbocycles. The van der Waals surface area contributed by atoms with E-state index < -0.39 is 17.5 Å². The molecule has 0 fully saturated rings. The number of esters is 2. The third-order valence-corrected chi connectivity index (χ3v) is 6.26. The monoisotopic (exact) mass is 573 g/mol. The molecule has 0 spiro atoms. The van der Waals surface area contributed by atoms with Crippen molar-refractivity contribution in [1.29, 1.82) is 0 Å². The van der Waals surface area contributed by atoms with Crippen molar-refractivity contribution < 1.29 is 28.6 Å². The molecule has 0 amide bonds. The average Bonchev–Trinajstić information content (AvgIpc) is 2.89. The molecule has 224 valence electrons. The van der Waals surface area contributed by atoms with Crippen LogP contribution in [0.5, 0.6) is 11.5 Å². The van der Waals surface area contributed by atoms with Gasteiger partial charge in [0.25, 0.3) is 0 Å². The smallest absolute Gasteiger partial charge is 0.343 e. The number of carbonyl (C=O) groups excluding carboxylic acids is 2. The van der Waals surface area contributed by atoms with E-state index in [0.717, 1.165) is 11.1 Å². The number of ether oxygens (including phenoxy) is 3. The highest BCUT2D eigenvalue weighted by molar-refractivity contribution is 5.96. The van der Waals surface area contributed by atoms with Gasteiger partial charge in [0.1, 0.15) is 29.3 Å². The van der Waals surface area contributed by atoms with E-state index in [1.54, 1.807) is 45.2 Å². The molecule has 0 N–H and O–H groups in total. The average molecular weight is 574 g/mol. The minimum Gasteiger partial charge on any atom is -0.490 e. The first kappa shape index (κ1) is 32.4. The molecule has 3 rings (SSSR count).